The third-order valence-electron chi connectivity index (χ3n) is 3.27. The van der Waals surface area contributed by atoms with E-state index >= 15 is 0 Å². The smallest absolute Gasteiger partial charge is 0.0648 e. The molecule has 3 nitrogen and oxygen atoms in total. The van der Waals surface area contributed by atoms with E-state index in [-0.39, 0.29) is 0 Å². The first-order valence-electron chi connectivity index (χ1n) is 6.25. The summed E-state index contributed by atoms with van der Waals surface area (Å²) < 4.78 is 1.17. The van der Waals surface area contributed by atoms with Gasteiger partial charge in [0, 0.05) is 42.8 Å². The highest BCUT2D eigenvalue weighted by atomic mass is 127. The molecule has 1 aromatic carbocycles. The fourth-order valence-corrected chi connectivity index (χ4v) is 2.98. The van der Waals surface area contributed by atoms with E-state index in [0.29, 0.717) is 0 Å². The second-order valence-corrected chi connectivity index (χ2v) is 6.35. The molecule has 2 rings (SSSR count). The van der Waals surface area contributed by atoms with Gasteiger partial charge in [-0.3, -0.25) is 4.90 Å². The van der Waals surface area contributed by atoms with Gasteiger partial charge < -0.3 is 10.2 Å². The zero-order chi connectivity index (χ0) is 13.0. The molecule has 1 N–H and O–H groups in total. The van der Waals surface area contributed by atoms with E-state index in [1.807, 2.05) is 12.1 Å². The van der Waals surface area contributed by atoms with Crippen LogP contribution >= 0.6 is 34.2 Å². The number of nitrogens with one attached hydrogen (secondary N) is 1. The summed E-state index contributed by atoms with van der Waals surface area (Å²) in [5.41, 5.74) is 1.03. The quantitative estimate of drug-likeness (QED) is 0.811. The minimum atomic E-state index is 0.806. The van der Waals surface area contributed by atoms with Crippen molar-refractivity contribution >= 4 is 39.9 Å². The SMILES string of the molecule is CN1CCN(CCNc2ccc(I)cc2Cl)CC1. The molecule has 5 heteroatoms. The molecular formula is C13H19ClIN3. The molecule has 1 aliphatic heterocycles. The molecule has 1 saturated heterocycles. The number of nitrogens with zero attached hydrogens (tertiary/aromatic N) is 2. The van der Waals surface area contributed by atoms with Gasteiger partial charge >= 0.3 is 0 Å². The van der Waals surface area contributed by atoms with Gasteiger partial charge in [0.1, 0.15) is 0 Å². The number of hydrogen-bond acceptors (Lipinski definition) is 3. The number of likely N-dealkylation sites (N-methyl/N-ethyl adjacent to an activating group) is 1. The van der Waals surface area contributed by atoms with Gasteiger partial charge in [-0.2, -0.15) is 0 Å². The predicted octanol–water partition coefficient (Wildman–Crippen LogP) is 2.60. The first-order valence-corrected chi connectivity index (χ1v) is 7.70. The van der Waals surface area contributed by atoms with Gasteiger partial charge in [-0.1, -0.05) is 11.6 Å². The van der Waals surface area contributed by atoms with Crippen LogP contribution in [0, 0.1) is 3.57 Å². The fraction of sp³-hybridized carbons (Fsp3) is 0.538. The molecule has 1 fully saturated rings. The molecule has 0 amide bonds. The van der Waals surface area contributed by atoms with Crippen molar-refractivity contribution in [2.75, 3.05) is 51.6 Å². The van der Waals surface area contributed by atoms with E-state index in [1.54, 1.807) is 0 Å². The summed E-state index contributed by atoms with van der Waals surface area (Å²) in [4.78, 5) is 4.87. The lowest BCUT2D eigenvalue weighted by Crippen LogP contribution is -2.45. The molecule has 1 heterocycles. The third kappa shape index (κ3) is 4.26. The van der Waals surface area contributed by atoms with E-state index < -0.39 is 0 Å². The van der Waals surface area contributed by atoms with Crippen molar-refractivity contribution in [3.05, 3.63) is 26.8 Å². The van der Waals surface area contributed by atoms with Crippen LogP contribution in [-0.4, -0.2) is 56.1 Å². The van der Waals surface area contributed by atoms with Gasteiger partial charge in [-0.15, -0.1) is 0 Å². The van der Waals surface area contributed by atoms with Crippen molar-refractivity contribution in [3.8, 4) is 0 Å². The van der Waals surface area contributed by atoms with Crippen LogP contribution in [-0.2, 0) is 0 Å². The number of hydrogen-bond donors (Lipinski definition) is 1. The second-order valence-electron chi connectivity index (χ2n) is 4.70. The highest BCUT2D eigenvalue weighted by molar-refractivity contribution is 14.1. The molecule has 0 aliphatic carbocycles. The molecule has 0 spiro atoms. The summed E-state index contributed by atoms with van der Waals surface area (Å²) in [6, 6.07) is 6.11. The number of anilines is 1. The largest absolute Gasteiger partial charge is 0.383 e. The Hall–Kier alpha value is -0.0400. The highest BCUT2D eigenvalue weighted by Gasteiger charge is 2.12. The molecule has 100 valence electrons. The van der Waals surface area contributed by atoms with Crippen molar-refractivity contribution < 1.29 is 0 Å². The monoisotopic (exact) mass is 379 g/mol. The van der Waals surface area contributed by atoms with Gasteiger partial charge in [0.25, 0.3) is 0 Å². The average Bonchev–Trinajstić information content (AvgIpc) is 2.34. The molecule has 18 heavy (non-hydrogen) atoms. The standard InChI is InChI=1S/C13H19ClIN3/c1-17-6-8-18(9-7-17)5-4-16-13-3-2-11(15)10-12(13)14/h2-3,10,16H,4-9H2,1H3. The Balaban J connectivity index is 1.75. The van der Waals surface area contributed by atoms with Crippen LogP contribution in [0.1, 0.15) is 0 Å². The summed E-state index contributed by atoms with van der Waals surface area (Å²) in [5.74, 6) is 0. The van der Waals surface area contributed by atoms with Crippen LogP contribution < -0.4 is 5.32 Å². The van der Waals surface area contributed by atoms with E-state index in [2.05, 4.69) is 50.8 Å². The Kier molecular flexibility index (Phi) is 5.54. The van der Waals surface area contributed by atoms with Crippen molar-refractivity contribution in [2.24, 2.45) is 0 Å². The molecule has 1 aliphatic rings. The zero-order valence-electron chi connectivity index (χ0n) is 10.6. The number of rotatable bonds is 4. The summed E-state index contributed by atoms with van der Waals surface area (Å²) in [7, 11) is 2.18. The lowest BCUT2D eigenvalue weighted by atomic mass is 10.3. The van der Waals surface area contributed by atoms with Crippen LogP contribution in [0.25, 0.3) is 0 Å². The average molecular weight is 380 g/mol. The first kappa shape index (κ1) is 14.4. The lowest BCUT2D eigenvalue weighted by molar-refractivity contribution is 0.158. The van der Waals surface area contributed by atoms with Gasteiger partial charge in [-0.05, 0) is 47.8 Å². The van der Waals surface area contributed by atoms with Crippen LogP contribution in [0.4, 0.5) is 5.69 Å². The first-order chi connectivity index (χ1) is 8.65. The zero-order valence-corrected chi connectivity index (χ0v) is 13.5. The molecule has 0 saturated carbocycles. The van der Waals surface area contributed by atoms with Crippen LogP contribution in [0.15, 0.2) is 18.2 Å². The predicted molar refractivity (Wildman–Crippen MR) is 86.6 cm³/mol. The Labute approximate surface area is 128 Å². The highest BCUT2D eigenvalue weighted by Crippen LogP contribution is 2.23. The maximum absolute atomic E-state index is 6.18. The van der Waals surface area contributed by atoms with Crippen molar-refractivity contribution in [3.63, 3.8) is 0 Å². The molecule has 0 radical (unpaired) electrons. The Morgan fingerprint density at radius 1 is 1.28 bits per heavy atom. The van der Waals surface area contributed by atoms with Gasteiger partial charge in [0.05, 0.1) is 10.7 Å². The summed E-state index contributed by atoms with van der Waals surface area (Å²) in [5, 5.41) is 4.21. The molecule has 0 atom stereocenters. The number of halogens is 2. The van der Waals surface area contributed by atoms with Gasteiger partial charge in [0.15, 0.2) is 0 Å². The number of piperazine rings is 1. The minimum absolute atomic E-state index is 0.806. The summed E-state index contributed by atoms with van der Waals surface area (Å²) >= 11 is 8.45. The van der Waals surface area contributed by atoms with E-state index in [0.717, 1.165) is 23.8 Å². The minimum Gasteiger partial charge on any atom is -0.383 e. The molecule has 1 aromatic rings. The van der Waals surface area contributed by atoms with Crippen molar-refractivity contribution in [1.29, 1.82) is 0 Å². The van der Waals surface area contributed by atoms with Crippen molar-refractivity contribution in [1.82, 2.24) is 9.80 Å². The maximum atomic E-state index is 6.18. The fourth-order valence-electron chi connectivity index (χ4n) is 2.05. The van der Waals surface area contributed by atoms with Gasteiger partial charge in [-0.25, -0.2) is 0 Å². The molecular weight excluding hydrogens is 361 g/mol. The Morgan fingerprint density at radius 2 is 2.00 bits per heavy atom. The van der Waals surface area contributed by atoms with Crippen molar-refractivity contribution in [2.45, 2.75) is 0 Å². The van der Waals surface area contributed by atoms with E-state index in [4.69, 9.17) is 11.6 Å². The van der Waals surface area contributed by atoms with E-state index in [1.165, 1.54) is 29.7 Å². The lowest BCUT2D eigenvalue weighted by Gasteiger charge is -2.32. The summed E-state index contributed by atoms with van der Waals surface area (Å²) in [6.45, 7) is 6.70. The molecule has 0 aromatic heterocycles. The third-order valence-corrected chi connectivity index (χ3v) is 4.25. The Morgan fingerprint density at radius 3 is 2.67 bits per heavy atom. The van der Waals surface area contributed by atoms with Crippen LogP contribution in [0.5, 0.6) is 0 Å². The van der Waals surface area contributed by atoms with Crippen LogP contribution in [0.2, 0.25) is 5.02 Å². The normalized spacial score (nSPS) is 17.9. The molecule has 0 bridgehead atoms. The van der Waals surface area contributed by atoms with Crippen LogP contribution in [0.3, 0.4) is 0 Å². The Bertz CT molecular complexity index is 392. The second kappa shape index (κ2) is 6.93. The topological polar surface area (TPSA) is 18.5 Å². The van der Waals surface area contributed by atoms with Gasteiger partial charge in [0.2, 0.25) is 0 Å². The molecule has 0 unspecified atom stereocenters. The number of benzene rings is 1. The maximum Gasteiger partial charge on any atom is 0.0648 e. The van der Waals surface area contributed by atoms with E-state index in [9.17, 15) is 0 Å². The summed E-state index contributed by atoms with van der Waals surface area (Å²) in [6.07, 6.45) is 0.